The molecule has 2 rings (SSSR count). The summed E-state index contributed by atoms with van der Waals surface area (Å²) >= 11 is 1.16. The van der Waals surface area contributed by atoms with Crippen LogP contribution < -0.4 is 11.1 Å². The molecule has 0 aliphatic heterocycles. The fourth-order valence-electron chi connectivity index (χ4n) is 1.43. The van der Waals surface area contributed by atoms with Crippen molar-refractivity contribution < 1.29 is 13.2 Å². The van der Waals surface area contributed by atoms with Gasteiger partial charge in [0.05, 0.1) is 11.3 Å². The second-order valence-corrected chi connectivity index (χ2v) is 4.51. The number of alkyl halides is 3. The third kappa shape index (κ3) is 3.22. The van der Waals surface area contributed by atoms with Crippen molar-refractivity contribution in [2.45, 2.75) is 6.18 Å². The lowest BCUT2D eigenvalue weighted by molar-refractivity contribution is -0.137. The molecule has 8 heteroatoms. The summed E-state index contributed by atoms with van der Waals surface area (Å²) in [6, 6.07) is 4.91. The van der Waals surface area contributed by atoms with Crippen LogP contribution in [0.1, 0.15) is 5.56 Å². The van der Waals surface area contributed by atoms with Gasteiger partial charge in [-0.3, -0.25) is 5.41 Å². The van der Waals surface area contributed by atoms with Crippen molar-refractivity contribution in [1.82, 2.24) is 4.98 Å². The maximum absolute atomic E-state index is 12.6. The van der Waals surface area contributed by atoms with Gasteiger partial charge in [0, 0.05) is 10.9 Å². The van der Waals surface area contributed by atoms with E-state index < -0.39 is 11.7 Å². The molecule has 0 spiro atoms. The minimum Gasteiger partial charge on any atom is -0.370 e. The van der Waals surface area contributed by atoms with Crippen LogP contribution in [0.3, 0.4) is 0 Å². The zero-order chi connectivity index (χ0) is 14.0. The molecular weight excluding hydrogens is 277 g/mol. The average Bonchev–Trinajstić information content (AvgIpc) is 2.76. The number of halogens is 3. The number of nitrogens with two attached hydrogens (primary N) is 1. The highest BCUT2D eigenvalue weighted by molar-refractivity contribution is 7.14. The predicted octanol–water partition coefficient (Wildman–Crippen LogP) is 3.13. The van der Waals surface area contributed by atoms with Gasteiger partial charge in [-0.25, -0.2) is 4.98 Å². The van der Waals surface area contributed by atoms with E-state index in [1.165, 1.54) is 6.07 Å². The molecule has 4 N–H and O–H groups in total. The largest absolute Gasteiger partial charge is 0.416 e. The normalized spacial score (nSPS) is 11.3. The Bertz CT molecular complexity index is 606. The Morgan fingerprint density at radius 1 is 1.37 bits per heavy atom. The second kappa shape index (κ2) is 4.88. The summed E-state index contributed by atoms with van der Waals surface area (Å²) in [4.78, 5) is 4.06. The summed E-state index contributed by atoms with van der Waals surface area (Å²) in [5, 5.41) is 11.5. The molecule has 100 valence electrons. The minimum absolute atomic E-state index is 0.273. The third-order valence-corrected chi connectivity index (χ3v) is 2.99. The van der Waals surface area contributed by atoms with E-state index in [4.69, 9.17) is 11.1 Å². The number of benzene rings is 1. The summed E-state index contributed by atoms with van der Waals surface area (Å²) < 4.78 is 37.8. The van der Waals surface area contributed by atoms with Crippen LogP contribution in [0.15, 0.2) is 29.6 Å². The van der Waals surface area contributed by atoms with Gasteiger partial charge in [-0.2, -0.15) is 13.2 Å². The van der Waals surface area contributed by atoms with E-state index in [-0.39, 0.29) is 5.96 Å². The molecule has 0 aliphatic carbocycles. The maximum Gasteiger partial charge on any atom is 0.416 e. The van der Waals surface area contributed by atoms with Crippen LogP contribution in [0.2, 0.25) is 0 Å². The Morgan fingerprint density at radius 3 is 2.74 bits per heavy atom. The monoisotopic (exact) mass is 286 g/mol. The van der Waals surface area contributed by atoms with Crippen LogP contribution in [0.4, 0.5) is 18.3 Å². The van der Waals surface area contributed by atoms with E-state index in [0.717, 1.165) is 23.5 Å². The first-order valence-corrected chi connectivity index (χ1v) is 5.98. The summed E-state index contributed by atoms with van der Waals surface area (Å²) in [7, 11) is 0. The van der Waals surface area contributed by atoms with Gasteiger partial charge in [0.2, 0.25) is 0 Å². The van der Waals surface area contributed by atoms with Crippen LogP contribution in [0, 0.1) is 5.41 Å². The molecule has 0 unspecified atom stereocenters. The number of anilines is 1. The molecule has 19 heavy (non-hydrogen) atoms. The van der Waals surface area contributed by atoms with E-state index in [9.17, 15) is 13.2 Å². The molecule has 0 fully saturated rings. The number of nitrogens with one attached hydrogen (secondary N) is 2. The van der Waals surface area contributed by atoms with Gasteiger partial charge in [-0.1, -0.05) is 12.1 Å². The standard InChI is InChI=1S/C11H9F3N4S/c12-11(13,14)7-3-1-2-6(4-7)8-5-19-10(17-8)18-9(15)16/h1-5H,(H4,15,16,17,18). The van der Waals surface area contributed by atoms with Crippen LogP contribution in [0.5, 0.6) is 0 Å². The number of thiazole rings is 1. The van der Waals surface area contributed by atoms with Gasteiger partial charge in [0.25, 0.3) is 0 Å². The fraction of sp³-hybridized carbons (Fsp3) is 0.0909. The van der Waals surface area contributed by atoms with Gasteiger partial charge < -0.3 is 11.1 Å². The molecule has 0 saturated heterocycles. The lowest BCUT2D eigenvalue weighted by Crippen LogP contribution is -2.20. The van der Waals surface area contributed by atoms with E-state index in [1.54, 1.807) is 11.4 Å². The van der Waals surface area contributed by atoms with Crippen molar-refractivity contribution >= 4 is 22.4 Å². The number of nitrogens with zero attached hydrogens (tertiary/aromatic N) is 1. The number of aromatic nitrogens is 1. The first-order chi connectivity index (χ1) is 8.86. The Morgan fingerprint density at radius 2 is 2.11 bits per heavy atom. The smallest absolute Gasteiger partial charge is 0.370 e. The van der Waals surface area contributed by atoms with Crippen LogP contribution in [0.25, 0.3) is 11.3 Å². The van der Waals surface area contributed by atoms with Crippen molar-refractivity contribution in [1.29, 1.82) is 5.41 Å². The molecule has 0 saturated carbocycles. The molecule has 4 nitrogen and oxygen atoms in total. The average molecular weight is 286 g/mol. The summed E-state index contributed by atoms with van der Waals surface area (Å²) in [6.07, 6.45) is -4.38. The highest BCUT2D eigenvalue weighted by atomic mass is 32.1. The molecule has 0 bridgehead atoms. The topological polar surface area (TPSA) is 74.8 Å². The minimum atomic E-state index is -4.38. The Balaban J connectivity index is 2.32. The van der Waals surface area contributed by atoms with E-state index in [2.05, 4.69) is 10.3 Å². The Kier molecular flexibility index (Phi) is 3.43. The third-order valence-electron chi connectivity index (χ3n) is 2.23. The van der Waals surface area contributed by atoms with Crippen molar-refractivity contribution in [3.8, 4) is 11.3 Å². The maximum atomic E-state index is 12.6. The Labute approximate surface area is 110 Å². The SMILES string of the molecule is N=C(N)Nc1nc(-c2cccc(C(F)(F)F)c2)cs1. The van der Waals surface area contributed by atoms with Gasteiger partial charge >= 0.3 is 6.18 Å². The molecule has 1 heterocycles. The molecule has 1 aromatic carbocycles. The van der Waals surface area contributed by atoms with Gasteiger partial charge in [0.15, 0.2) is 11.1 Å². The molecule has 0 aliphatic rings. The molecule has 0 amide bonds. The van der Waals surface area contributed by atoms with E-state index in [0.29, 0.717) is 16.4 Å². The van der Waals surface area contributed by atoms with Crippen LogP contribution in [-0.2, 0) is 6.18 Å². The quantitative estimate of drug-likeness (QED) is 0.586. The lowest BCUT2D eigenvalue weighted by Gasteiger charge is -2.07. The van der Waals surface area contributed by atoms with Gasteiger partial charge in [-0.15, -0.1) is 11.3 Å². The summed E-state index contributed by atoms with van der Waals surface area (Å²) in [5.74, 6) is -0.273. The van der Waals surface area contributed by atoms with Crippen LogP contribution >= 0.6 is 11.3 Å². The summed E-state index contributed by atoms with van der Waals surface area (Å²) in [5.41, 5.74) is 5.19. The molecule has 0 radical (unpaired) electrons. The molecule has 2 aromatic rings. The van der Waals surface area contributed by atoms with Crippen molar-refractivity contribution in [3.05, 3.63) is 35.2 Å². The number of guanidine groups is 1. The molecule has 1 aromatic heterocycles. The number of hydrogen-bond donors (Lipinski definition) is 3. The van der Waals surface area contributed by atoms with Crippen molar-refractivity contribution in [2.24, 2.45) is 5.73 Å². The number of rotatable bonds is 2. The zero-order valence-electron chi connectivity index (χ0n) is 9.45. The molecule has 0 atom stereocenters. The summed E-state index contributed by atoms with van der Waals surface area (Å²) in [6.45, 7) is 0. The first-order valence-electron chi connectivity index (χ1n) is 5.10. The van der Waals surface area contributed by atoms with Crippen molar-refractivity contribution in [3.63, 3.8) is 0 Å². The second-order valence-electron chi connectivity index (χ2n) is 3.66. The van der Waals surface area contributed by atoms with Crippen LogP contribution in [-0.4, -0.2) is 10.9 Å². The number of hydrogen-bond acceptors (Lipinski definition) is 3. The van der Waals surface area contributed by atoms with Crippen molar-refractivity contribution in [2.75, 3.05) is 5.32 Å². The highest BCUT2D eigenvalue weighted by Crippen LogP contribution is 2.32. The lowest BCUT2D eigenvalue weighted by atomic mass is 10.1. The van der Waals surface area contributed by atoms with Gasteiger partial charge in [0.1, 0.15) is 0 Å². The van der Waals surface area contributed by atoms with E-state index in [1.807, 2.05) is 0 Å². The van der Waals surface area contributed by atoms with E-state index >= 15 is 0 Å². The zero-order valence-corrected chi connectivity index (χ0v) is 10.3. The highest BCUT2D eigenvalue weighted by Gasteiger charge is 2.30. The molecular formula is C11H9F3N4S. The fourth-order valence-corrected chi connectivity index (χ4v) is 2.17. The van der Waals surface area contributed by atoms with Gasteiger partial charge in [-0.05, 0) is 12.1 Å². The Hall–Kier alpha value is -2.09. The first kappa shape index (κ1) is 13.3. The predicted molar refractivity (Wildman–Crippen MR) is 68.1 cm³/mol.